The maximum Gasteiger partial charge on any atom is 0.407 e. The van der Waals surface area contributed by atoms with E-state index in [1.807, 2.05) is 0 Å². The molecule has 0 spiro atoms. The Morgan fingerprint density at radius 2 is 1.73 bits per heavy atom. The SMILES string of the molecule is CCOP(=O)(OCC)C(F)(F)C(=O)[C@H](C)OCOCCOC. The van der Waals surface area contributed by atoms with E-state index in [-0.39, 0.29) is 26.6 Å². The van der Waals surface area contributed by atoms with Gasteiger partial charge in [-0.1, -0.05) is 0 Å². The third-order valence-corrected chi connectivity index (χ3v) is 4.55. The number of alkyl halides is 2. The van der Waals surface area contributed by atoms with Crippen LogP contribution in [0.5, 0.6) is 0 Å². The molecule has 0 N–H and O–H groups in total. The average Bonchev–Trinajstić information content (AvgIpc) is 2.46. The Labute approximate surface area is 128 Å². The van der Waals surface area contributed by atoms with Crippen molar-refractivity contribution in [2.45, 2.75) is 32.5 Å². The topological polar surface area (TPSA) is 80.3 Å². The van der Waals surface area contributed by atoms with Gasteiger partial charge < -0.3 is 23.3 Å². The van der Waals surface area contributed by atoms with Crippen LogP contribution in [-0.2, 0) is 32.6 Å². The minimum atomic E-state index is -4.91. The number of hydrogen-bond donors (Lipinski definition) is 0. The van der Waals surface area contributed by atoms with Crippen molar-refractivity contribution in [3.63, 3.8) is 0 Å². The van der Waals surface area contributed by atoms with Gasteiger partial charge in [0.25, 0.3) is 0 Å². The Hall–Kier alpha value is -0.440. The summed E-state index contributed by atoms with van der Waals surface area (Å²) in [5, 5.41) is 0. The van der Waals surface area contributed by atoms with Crippen LogP contribution in [0.2, 0.25) is 0 Å². The summed E-state index contributed by atoms with van der Waals surface area (Å²) in [5.41, 5.74) is -4.30. The van der Waals surface area contributed by atoms with Crippen LogP contribution in [0.4, 0.5) is 8.78 Å². The van der Waals surface area contributed by atoms with Crippen molar-refractivity contribution in [1.82, 2.24) is 0 Å². The zero-order valence-corrected chi connectivity index (χ0v) is 14.1. The van der Waals surface area contributed by atoms with Crippen molar-refractivity contribution < 1.29 is 41.4 Å². The standard InChI is InChI=1S/C12H23F2O7P/c1-5-20-22(16,21-6-2)12(13,14)11(15)10(3)19-9-18-8-7-17-4/h10H,5-9H2,1-4H3/t10-/m0/s1. The molecule has 0 saturated carbocycles. The molecular formula is C12H23F2O7P. The van der Waals surface area contributed by atoms with Crippen molar-refractivity contribution in [3.8, 4) is 0 Å². The van der Waals surface area contributed by atoms with Crippen molar-refractivity contribution in [1.29, 1.82) is 0 Å². The van der Waals surface area contributed by atoms with Gasteiger partial charge in [0.1, 0.15) is 12.9 Å². The van der Waals surface area contributed by atoms with Gasteiger partial charge in [0, 0.05) is 7.11 Å². The molecule has 0 fully saturated rings. The first-order valence-corrected chi connectivity index (χ1v) is 8.30. The van der Waals surface area contributed by atoms with Crippen LogP contribution in [0.25, 0.3) is 0 Å². The Morgan fingerprint density at radius 1 is 1.18 bits per heavy atom. The van der Waals surface area contributed by atoms with E-state index in [9.17, 15) is 18.1 Å². The Kier molecular flexibility index (Phi) is 10.1. The monoisotopic (exact) mass is 348 g/mol. The van der Waals surface area contributed by atoms with Gasteiger partial charge in [-0.05, 0) is 20.8 Å². The lowest BCUT2D eigenvalue weighted by atomic mass is 10.2. The van der Waals surface area contributed by atoms with Gasteiger partial charge in [0.05, 0.1) is 26.4 Å². The number of ether oxygens (including phenoxy) is 3. The lowest BCUT2D eigenvalue weighted by Gasteiger charge is -2.26. The van der Waals surface area contributed by atoms with Gasteiger partial charge in [-0.2, -0.15) is 8.78 Å². The van der Waals surface area contributed by atoms with Crippen LogP contribution in [0.15, 0.2) is 0 Å². The highest BCUT2D eigenvalue weighted by Gasteiger charge is 2.60. The predicted octanol–water partition coefficient (Wildman–Crippen LogP) is 2.44. The molecule has 7 nitrogen and oxygen atoms in total. The minimum Gasteiger partial charge on any atom is -0.382 e. The van der Waals surface area contributed by atoms with E-state index in [0.29, 0.717) is 6.61 Å². The molecule has 0 heterocycles. The largest absolute Gasteiger partial charge is 0.407 e. The number of carbonyl (C=O) groups is 1. The average molecular weight is 348 g/mol. The van der Waals surface area contributed by atoms with Gasteiger partial charge in [0.2, 0.25) is 5.78 Å². The second kappa shape index (κ2) is 10.4. The maximum absolute atomic E-state index is 14.1. The van der Waals surface area contributed by atoms with E-state index in [0.717, 1.165) is 6.92 Å². The predicted molar refractivity (Wildman–Crippen MR) is 74.1 cm³/mol. The molecule has 0 aromatic rings. The maximum atomic E-state index is 14.1. The summed E-state index contributed by atoms with van der Waals surface area (Å²) >= 11 is 0. The van der Waals surface area contributed by atoms with Gasteiger partial charge in [-0.15, -0.1) is 0 Å². The molecule has 22 heavy (non-hydrogen) atoms. The first-order valence-electron chi connectivity index (χ1n) is 6.76. The van der Waals surface area contributed by atoms with E-state index in [1.54, 1.807) is 0 Å². The fourth-order valence-corrected chi connectivity index (χ4v) is 2.88. The highest BCUT2D eigenvalue weighted by Crippen LogP contribution is 2.62. The molecule has 0 aromatic carbocycles. The molecular weight excluding hydrogens is 325 g/mol. The molecule has 0 saturated heterocycles. The second-order valence-electron chi connectivity index (χ2n) is 4.07. The van der Waals surface area contributed by atoms with Gasteiger partial charge >= 0.3 is 13.3 Å². The van der Waals surface area contributed by atoms with Crippen molar-refractivity contribution in [2.75, 3.05) is 40.3 Å². The van der Waals surface area contributed by atoms with Crippen LogP contribution < -0.4 is 0 Å². The fourth-order valence-electron chi connectivity index (χ4n) is 1.35. The molecule has 0 aliphatic rings. The minimum absolute atomic E-state index is 0.185. The van der Waals surface area contributed by atoms with E-state index < -0.39 is 25.1 Å². The quantitative estimate of drug-likeness (QED) is 0.287. The smallest absolute Gasteiger partial charge is 0.382 e. The summed E-state index contributed by atoms with van der Waals surface area (Å²) in [7, 11) is -3.44. The molecule has 0 aromatic heterocycles. The summed E-state index contributed by atoms with van der Waals surface area (Å²) in [6.07, 6.45) is -1.54. The summed E-state index contributed by atoms with van der Waals surface area (Å²) in [5.74, 6) is -1.69. The zero-order chi connectivity index (χ0) is 17.2. The van der Waals surface area contributed by atoms with Crippen molar-refractivity contribution in [2.24, 2.45) is 0 Å². The van der Waals surface area contributed by atoms with E-state index >= 15 is 0 Å². The summed E-state index contributed by atoms with van der Waals surface area (Å²) in [6, 6.07) is 0. The van der Waals surface area contributed by atoms with Crippen LogP contribution in [0.3, 0.4) is 0 Å². The first kappa shape index (κ1) is 21.6. The van der Waals surface area contributed by atoms with Crippen LogP contribution in [0, 0.1) is 0 Å². The van der Waals surface area contributed by atoms with E-state index in [4.69, 9.17) is 14.2 Å². The van der Waals surface area contributed by atoms with Crippen molar-refractivity contribution >= 4 is 13.4 Å². The van der Waals surface area contributed by atoms with Crippen LogP contribution in [0.1, 0.15) is 20.8 Å². The Balaban J connectivity index is 4.72. The fraction of sp³-hybridized carbons (Fsp3) is 0.917. The molecule has 0 radical (unpaired) electrons. The number of halogens is 2. The molecule has 0 amide bonds. The van der Waals surface area contributed by atoms with Gasteiger partial charge in [-0.3, -0.25) is 9.36 Å². The Morgan fingerprint density at radius 3 is 2.18 bits per heavy atom. The lowest BCUT2D eigenvalue weighted by molar-refractivity contribution is -0.157. The normalized spacial score (nSPS) is 14.1. The first-order chi connectivity index (χ1) is 10.3. The highest BCUT2D eigenvalue weighted by atomic mass is 31.2. The second-order valence-corrected chi connectivity index (χ2v) is 6.14. The molecule has 10 heteroatoms. The third kappa shape index (κ3) is 5.98. The molecule has 0 unspecified atom stereocenters. The number of carbonyl (C=O) groups excluding carboxylic acids is 1. The summed E-state index contributed by atoms with van der Waals surface area (Å²) in [6.45, 7) is 3.39. The molecule has 0 rings (SSSR count). The molecule has 132 valence electrons. The molecule has 0 bridgehead atoms. The van der Waals surface area contributed by atoms with Crippen molar-refractivity contribution in [3.05, 3.63) is 0 Å². The van der Waals surface area contributed by atoms with E-state index in [1.165, 1.54) is 21.0 Å². The lowest BCUT2D eigenvalue weighted by Crippen LogP contribution is -2.39. The number of Topliss-reactive ketones (excluding diaryl/α,β-unsaturated/α-hetero) is 1. The summed E-state index contributed by atoms with van der Waals surface area (Å²) in [4.78, 5) is 11.8. The van der Waals surface area contributed by atoms with Crippen LogP contribution >= 0.6 is 7.60 Å². The third-order valence-electron chi connectivity index (χ3n) is 2.44. The number of methoxy groups -OCH3 is 1. The van der Waals surface area contributed by atoms with Gasteiger partial charge in [-0.25, -0.2) is 0 Å². The molecule has 0 aliphatic carbocycles. The summed E-state index contributed by atoms with van der Waals surface area (Å²) < 4.78 is 63.8. The number of ketones is 1. The zero-order valence-electron chi connectivity index (χ0n) is 13.2. The molecule has 0 aliphatic heterocycles. The van der Waals surface area contributed by atoms with Gasteiger partial charge in [0.15, 0.2) is 0 Å². The van der Waals surface area contributed by atoms with E-state index in [2.05, 4.69) is 9.05 Å². The van der Waals surface area contributed by atoms with Crippen LogP contribution in [-0.4, -0.2) is 57.9 Å². The Bertz CT molecular complexity index is 368. The number of hydrogen-bond acceptors (Lipinski definition) is 7. The highest BCUT2D eigenvalue weighted by molar-refractivity contribution is 7.56. The molecule has 1 atom stereocenters. The number of rotatable bonds is 13.